The van der Waals surface area contributed by atoms with Crippen LogP contribution in [0.25, 0.3) is 11.1 Å². The van der Waals surface area contributed by atoms with Crippen LogP contribution >= 0.6 is 12.6 Å². The predicted octanol–water partition coefficient (Wildman–Crippen LogP) is 6.37. The topological polar surface area (TPSA) is 66.4 Å². The molecule has 0 aliphatic carbocycles. The summed E-state index contributed by atoms with van der Waals surface area (Å²) >= 11 is 4.72. The molecular weight excluding hydrogens is 548 g/mol. The molecule has 0 bridgehead atoms. The zero-order valence-corrected chi connectivity index (χ0v) is 24.9. The quantitative estimate of drug-likeness (QED) is 0.188. The first-order valence-corrected chi connectivity index (χ1v) is 14.7. The van der Waals surface area contributed by atoms with Gasteiger partial charge in [-0.15, -0.1) is 12.6 Å². The predicted molar refractivity (Wildman–Crippen MR) is 167 cm³/mol. The number of aliphatic hydroxyl groups is 1. The molecule has 1 aliphatic rings. The molecule has 1 heterocycles. The molecular formula is C35H38O6S. The van der Waals surface area contributed by atoms with E-state index in [9.17, 15) is 5.11 Å². The van der Waals surface area contributed by atoms with Gasteiger partial charge in [0.1, 0.15) is 35.6 Å². The molecule has 0 unspecified atom stereocenters. The lowest BCUT2D eigenvalue weighted by atomic mass is 9.98. The first-order chi connectivity index (χ1) is 20.6. The van der Waals surface area contributed by atoms with Gasteiger partial charge in [0, 0.05) is 0 Å². The van der Waals surface area contributed by atoms with Gasteiger partial charge >= 0.3 is 0 Å². The molecule has 1 N–H and O–H groups in total. The van der Waals surface area contributed by atoms with Gasteiger partial charge in [-0.25, -0.2) is 0 Å². The molecule has 0 spiro atoms. The van der Waals surface area contributed by atoms with Crippen molar-refractivity contribution in [2.24, 2.45) is 0 Å². The highest BCUT2D eigenvalue weighted by molar-refractivity contribution is 7.80. The van der Waals surface area contributed by atoms with Gasteiger partial charge in [-0.2, -0.15) is 0 Å². The highest BCUT2D eigenvalue weighted by atomic mass is 32.1. The number of thiol groups is 1. The maximum absolute atomic E-state index is 10.2. The lowest BCUT2D eigenvalue weighted by Gasteiger charge is -2.44. The average molecular weight is 587 g/mol. The van der Waals surface area contributed by atoms with Crippen LogP contribution in [0.15, 0.2) is 103 Å². The Hall–Kier alpha value is -3.17. The number of aryl methyl sites for hydroxylation is 1. The molecule has 0 radical (unpaired) electrons. The first-order valence-electron chi connectivity index (χ1n) is 14.2. The van der Waals surface area contributed by atoms with E-state index < -0.39 is 29.9 Å². The summed E-state index contributed by atoms with van der Waals surface area (Å²) in [6, 6.07) is 34.4. The monoisotopic (exact) mass is 586 g/mol. The van der Waals surface area contributed by atoms with E-state index in [1.807, 2.05) is 60.7 Å². The summed E-state index contributed by atoms with van der Waals surface area (Å²) in [6.45, 7) is 2.90. The number of rotatable bonds is 12. The van der Waals surface area contributed by atoms with Gasteiger partial charge in [-0.05, 0) is 52.4 Å². The molecule has 4 aromatic rings. The minimum atomic E-state index is -0.620. The Morgan fingerprint density at radius 2 is 1.21 bits per heavy atom. The van der Waals surface area contributed by atoms with Crippen LogP contribution < -0.4 is 4.74 Å². The van der Waals surface area contributed by atoms with Crippen LogP contribution in [-0.2, 0) is 38.8 Å². The van der Waals surface area contributed by atoms with E-state index in [2.05, 4.69) is 49.4 Å². The third kappa shape index (κ3) is 7.61. The summed E-state index contributed by atoms with van der Waals surface area (Å²) in [4.78, 5) is 0. The highest BCUT2D eigenvalue weighted by Crippen LogP contribution is 2.32. The van der Waals surface area contributed by atoms with Crippen molar-refractivity contribution in [1.82, 2.24) is 0 Å². The third-order valence-corrected chi connectivity index (χ3v) is 7.94. The number of ether oxygens (including phenoxy) is 5. The fourth-order valence-corrected chi connectivity index (χ4v) is 5.57. The maximum atomic E-state index is 10.2. The van der Waals surface area contributed by atoms with Crippen LogP contribution in [-0.4, -0.2) is 48.7 Å². The number of aliphatic hydroxyl groups excluding tert-OH is 1. The number of hydrogen-bond acceptors (Lipinski definition) is 7. The number of methoxy groups -OCH3 is 1. The average Bonchev–Trinajstić information content (AvgIpc) is 3.03. The summed E-state index contributed by atoms with van der Waals surface area (Å²) in [6.07, 6.45) is -2.29. The minimum Gasteiger partial charge on any atom is -0.497 e. The van der Waals surface area contributed by atoms with Gasteiger partial charge in [-0.1, -0.05) is 91.0 Å². The second-order valence-electron chi connectivity index (χ2n) is 10.4. The van der Waals surface area contributed by atoms with E-state index in [4.69, 9.17) is 36.3 Å². The van der Waals surface area contributed by atoms with Crippen molar-refractivity contribution in [3.8, 4) is 16.9 Å². The smallest absolute Gasteiger partial charge is 0.129 e. The van der Waals surface area contributed by atoms with Gasteiger partial charge in [0.05, 0.1) is 33.5 Å². The lowest BCUT2D eigenvalue weighted by Crippen LogP contribution is -2.59. The van der Waals surface area contributed by atoms with Crippen LogP contribution in [0.2, 0.25) is 0 Å². The van der Waals surface area contributed by atoms with Crippen molar-refractivity contribution in [1.29, 1.82) is 0 Å². The van der Waals surface area contributed by atoms with Crippen molar-refractivity contribution < 1.29 is 28.8 Å². The Kier molecular flexibility index (Phi) is 10.7. The second-order valence-corrected chi connectivity index (χ2v) is 10.9. The molecule has 42 heavy (non-hydrogen) atoms. The Labute approximate surface area is 253 Å². The molecule has 5 rings (SSSR count). The Morgan fingerprint density at radius 1 is 0.667 bits per heavy atom. The molecule has 4 aromatic carbocycles. The molecule has 0 amide bonds. The second kappa shape index (κ2) is 14.8. The van der Waals surface area contributed by atoms with Crippen molar-refractivity contribution in [2.45, 2.75) is 56.6 Å². The number of hydrogen-bond donors (Lipinski definition) is 2. The van der Waals surface area contributed by atoms with E-state index >= 15 is 0 Å². The third-order valence-electron chi connectivity index (χ3n) is 7.53. The van der Waals surface area contributed by atoms with E-state index in [-0.39, 0.29) is 6.61 Å². The van der Waals surface area contributed by atoms with E-state index in [0.29, 0.717) is 19.8 Å². The van der Waals surface area contributed by atoms with Crippen molar-refractivity contribution in [3.63, 3.8) is 0 Å². The van der Waals surface area contributed by atoms with Crippen molar-refractivity contribution in [2.75, 3.05) is 13.7 Å². The van der Waals surface area contributed by atoms with Crippen molar-refractivity contribution >= 4 is 12.6 Å². The summed E-state index contributed by atoms with van der Waals surface area (Å²) in [7, 11) is 1.64. The first kappa shape index (κ1) is 30.3. The number of benzene rings is 4. The van der Waals surface area contributed by atoms with Gasteiger partial charge in [0.25, 0.3) is 0 Å². The Bertz CT molecular complexity index is 1380. The van der Waals surface area contributed by atoms with Gasteiger partial charge in [-0.3, -0.25) is 0 Å². The van der Waals surface area contributed by atoms with Crippen LogP contribution in [0.3, 0.4) is 0 Å². The fraction of sp³-hybridized carbons (Fsp3) is 0.314. The van der Waals surface area contributed by atoms with Crippen LogP contribution in [0.4, 0.5) is 0 Å². The van der Waals surface area contributed by atoms with Gasteiger partial charge < -0.3 is 28.8 Å². The standard InChI is InChI=1S/C35H38O6S/c1-24-8-6-7-11-30(24)28-16-12-26(13-17-28)22-39-33-32(38-21-25-9-4-3-5-10-25)31(20-36)41-35(42)34(33)40-23-27-14-18-29(37-2)19-15-27/h3-19,31-36,42H,20-23H2,1-2H3/t31-,32+,33+,34-,35+/m1/s1. The zero-order valence-electron chi connectivity index (χ0n) is 24.0. The molecule has 1 aliphatic heterocycles. The molecule has 5 atom stereocenters. The Balaban J connectivity index is 1.35. The normalized spacial score (nSPS) is 22.1. The van der Waals surface area contributed by atoms with Crippen molar-refractivity contribution in [3.05, 3.63) is 125 Å². The minimum absolute atomic E-state index is 0.229. The molecule has 1 fully saturated rings. The molecule has 1 saturated heterocycles. The van der Waals surface area contributed by atoms with Gasteiger partial charge in [0.2, 0.25) is 0 Å². The zero-order chi connectivity index (χ0) is 29.3. The summed E-state index contributed by atoms with van der Waals surface area (Å²) in [5.74, 6) is 0.779. The Morgan fingerprint density at radius 3 is 1.83 bits per heavy atom. The largest absolute Gasteiger partial charge is 0.497 e. The fourth-order valence-electron chi connectivity index (χ4n) is 5.16. The van der Waals surface area contributed by atoms with Crippen LogP contribution in [0.1, 0.15) is 22.3 Å². The van der Waals surface area contributed by atoms with Gasteiger partial charge in [0.15, 0.2) is 0 Å². The lowest BCUT2D eigenvalue weighted by molar-refractivity contribution is -0.251. The van der Waals surface area contributed by atoms with E-state index in [0.717, 1.165) is 28.0 Å². The highest BCUT2D eigenvalue weighted by Gasteiger charge is 2.47. The molecule has 220 valence electrons. The van der Waals surface area contributed by atoms with E-state index in [1.165, 1.54) is 11.1 Å². The van der Waals surface area contributed by atoms with Crippen LogP contribution in [0.5, 0.6) is 5.75 Å². The molecule has 6 nitrogen and oxygen atoms in total. The maximum Gasteiger partial charge on any atom is 0.129 e. The summed E-state index contributed by atoms with van der Waals surface area (Å²) < 4.78 is 30.7. The molecule has 0 aromatic heterocycles. The summed E-state index contributed by atoms with van der Waals surface area (Å²) in [5.41, 5.74) is 5.99. The van der Waals surface area contributed by atoms with Crippen LogP contribution in [0, 0.1) is 6.92 Å². The molecule has 0 saturated carbocycles. The summed E-state index contributed by atoms with van der Waals surface area (Å²) in [5, 5.41) is 10.2. The van der Waals surface area contributed by atoms with E-state index in [1.54, 1.807) is 7.11 Å². The SMILES string of the molecule is COc1ccc(CO[C@@H]2[C@@H](OCc3ccc(-c4ccccc4C)cc3)[C@@H](OCc3ccccc3)[C@@H](CO)O[C@H]2S)cc1. The molecule has 7 heteroatoms.